The molecule has 1 saturated heterocycles. The van der Waals surface area contributed by atoms with E-state index in [0.717, 1.165) is 26.1 Å². The monoisotopic (exact) mass is 457 g/mol. The summed E-state index contributed by atoms with van der Waals surface area (Å²) in [5, 5.41) is 0. The maximum Gasteiger partial charge on any atom is 0.330 e. The molecule has 4 atom stereocenters. The quantitative estimate of drug-likeness (QED) is 0.385. The highest BCUT2D eigenvalue weighted by atomic mass is 127. The van der Waals surface area contributed by atoms with Gasteiger partial charge in [-0.25, -0.2) is 9.18 Å². The van der Waals surface area contributed by atoms with E-state index in [2.05, 4.69) is 0 Å². The molecule has 1 fully saturated rings. The first-order chi connectivity index (χ1) is 11.5. The molecule has 0 bridgehead atoms. The summed E-state index contributed by atoms with van der Waals surface area (Å²) in [5.41, 5.74) is -1.83. The molecule has 0 saturated carbocycles. The SMILES string of the molecule is [2H][C@@]1(n2ccc(=O)[nH]c2=O)O[C@](F)(CI)[C@@H](OC(C)=O)[C@H]1OC(C)=O. The molecule has 9 nitrogen and oxygen atoms in total. The first-order valence-electron chi connectivity index (χ1n) is 7.15. The molecule has 1 N–H and O–H groups in total. The van der Waals surface area contributed by atoms with Crippen LogP contribution < -0.4 is 11.2 Å². The van der Waals surface area contributed by atoms with Gasteiger partial charge in [-0.3, -0.25) is 23.9 Å². The highest BCUT2D eigenvalue weighted by molar-refractivity contribution is 14.1. The van der Waals surface area contributed by atoms with E-state index >= 15 is 4.39 Å². The fourth-order valence-corrected chi connectivity index (χ4v) is 2.74. The standard InChI is InChI=1S/C13H14FIN2O7/c1-6(18)22-9-10(23-7(2)19)13(14,5-15)24-11(9)17-4-3-8(20)16-12(17)21/h3-4,9-11H,5H2,1-2H3,(H,16,20,21)/t9-,10+,11-,13-/m1/s1/i11D. The number of alkyl halides is 2. The Morgan fingerprint density at radius 2 is 2.08 bits per heavy atom. The van der Waals surface area contributed by atoms with Crippen LogP contribution in [-0.4, -0.2) is 44.0 Å². The molecule has 1 aromatic heterocycles. The van der Waals surface area contributed by atoms with Gasteiger partial charge in [-0.1, -0.05) is 22.6 Å². The van der Waals surface area contributed by atoms with Gasteiger partial charge in [0.25, 0.3) is 11.4 Å². The second kappa shape index (κ2) is 7.01. The molecule has 0 aromatic carbocycles. The third-order valence-electron chi connectivity index (χ3n) is 3.05. The highest BCUT2D eigenvalue weighted by Gasteiger charge is 2.60. The van der Waals surface area contributed by atoms with Crippen LogP contribution in [0, 0.1) is 0 Å². The molecular formula is C13H14FIN2O7. The predicted molar refractivity (Wildman–Crippen MR) is 85.3 cm³/mol. The van der Waals surface area contributed by atoms with Crippen molar-refractivity contribution in [2.75, 3.05) is 4.43 Å². The van der Waals surface area contributed by atoms with Gasteiger partial charge in [0.2, 0.25) is 6.10 Å². The summed E-state index contributed by atoms with van der Waals surface area (Å²) < 4.78 is 38.7. The molecule has 0 spiro atoms. The van der Waals surface area contributed by atoms with E-state index in [1.165, 1.54) is 0 Å². The van der Waals surface area contributed by atoms with Gasteiger partial charge in [0, 0.05) is 26.1 Å². The van der Waals surface area contributed by atoms with Crippen LogP contribution in [0.3, 0.4) is 0 Å². The summed E-state index contributed by atoms with van der Waals surface area (Å²) in [6, 6.07) is 0.912. The van der Waals surface area contributed by atoms with E-state index in [0.29, 0.717) is 4.57 Å². The minimum Gasteiger partial charge on any atom is -0.453 e. The minimum absolute atomic E-state index is 0.390. The number of esters is 2. The molecule has 1 aromatic rings. The van der Waals surface area contributed by atoms with Crippen molar-refractivity contribution in [1.29, 1.82) is 0 Å². The molecule has 2 rings (SSSR count). The lowest BCUT2D eigenvalue weighted by Crippen LogP contribution is -2.45. The van der Waals surface area contributed by atoms with Crippen LogP contribution >= 0.6 is 22.6 Å². The molecule has 1 aliphatic rings. The Morgan fingerprint density at radius 1 is 1.46 bits per heavy atom. The zero-order valence-electron chi connectivity index (χ0n) is 13.6. The van der Waals surface area contributed by atoms with Crippen molar-refractivity contribution in [2.45, 2.75) is 38.1 Å². The smallest absolute Gasteiger partial charge is 0.330 e. The number of carbonyl (C=O) groups is 2. The van der Waals surface area contributed by atoms with Crippen LogP contribution in [0.4, 0.5) is 4.39 Å². The van der Waals surface area contributed by atoms with E-state index in [-0.39, 0.29) is 4.43 Å². The molecule has 0 amide bonds. The maximum absolute atomic E-state index is 15.2. The molecule has 1 aliphatic heterocycles. The van der Waals surface area contributed by atoms with Gasteiger partial charge in [-0.05, 0) is 0 Å². The van der Waals surface area contributed by atoms with Crippen molar-refractivity contribution >= 4 is 34.5 Å². The van der Waals surface area contributed by atoms with Crippen LogP contribution in [0.25, 0.3) is 0 Å². The number of nitrogens with one attached hydrogen (secondary N) is 1. The lowest BCUT2D eigenvalue weighted by molar-refractivity contribution is -0.189. The third kappa shape index (κ3) is 3.66. The van der Waals surface area contributed by atoms with Crippen LogP contribution in [0.2, 0.25) is 0 Å². The molecule has 132 valence electrons. The molecule has 2 heterocycles. The van der Waals surface area contributed by atoms with Gasteiger partial charge >= 0.3 is 17.6 Å². The topological polar surface area (TPSA) is 117 Å². The third-order valence-corrected chi connectivity index (χ3v) is 4.09. The van der Waals surface area contributed by atoms with Crippen molar-refractivity contribution in [3.05, 3.63) is 33.1 Å². The number of H-pyrrole nitrogens is 1. The summed E-state index contributed by atoms with van der Waals surface area (Å²) in [7, 11) is 0. The lowest BCUT2D eigenvalue weighted by atomic mass is 10.1. The van der Waals surface area contributed by atoms with Crippen LogP contribution in [0.1, 0.15) is 21.4 Å². The number of nitrogens with zero attached hydrogens (tertiary/aromatic N) is 1. The summed E-state index contributed by atoms with van der Waals surface area (Å²) in [6.07, 6.45) is -5.29. The van der Waals surface area contributed by atoms with Crippen molar-refractivity contribution in [2.24, 2.45) is 0 Å². The number of ether oxygens (including phenoxy) is 3. The zero-order chi connectivity index (χ0) is 19.0. The van der Waals surface area contributed by atoms with Gasteiger partial charge in [-0.15, -0.1) is 0 Å². The second-order valence-electron chi connectivity index (χ2n) is 4.90. The summed E-state index contributed by atoms with van der Waals surface area (Å²) in [4.78, 5) is 47.9. The van der Waals surface area contributed by atoms with Gasteiger partial charge < -0.3 is 14.2 Å². The van der Waals surface area contributed by atoms with Crippen molar-refractivity contribution in [3.63, 3.8) is 0 Å². The number of hydrogen-bond donors (Lipinski definition) is 1. The average molecular weight is 457 g/mol. The van der Waals surface area contributed by atoms with E-state index in [9.17, 15) is 19.2 Å². The fraction of sp³-hybridized carbons (Fsp3) is 0.538. The Morgan fingerprint density at radius 3 is 2.58 bits per heavy atom. The molecule has 11 heteroatoms. The molecular weight excluding hydrogens is 442 g/mol. The first kappa shape index (κ1) is 17.1. The van der Waals surface area contributed by atoms with Gasteiger partial charge in [-0.2, -0.15) is 0 Å². The van der Waals surface area contributed by atoms with E-state index in [4.69, 9.17) is 15.6 Å². The van der Waals surface area contributed by atoms with Crippen LogP contribution in [-0.2, 0) is 23.8 Å². The predicted octanol–water partition coefficient (Wildman–Crippen LogP) is 0.0296. The summed E-state index contributed by atoms with van der Waals surface area (Å²) >= 11 is 1.60. The van der Waals surface area contributed by atoms with Crippen molar-refractivity contribution < 1.29 is 29.6 Å². The van der Waals surface area contributed by atoms with Gasteiger partial charge in [0.1, 0.15) is 0 Å². The number of halogens is 2. The Balaban J connectivity index is 2.64. The average Bonchev–Trinajstić information content (AvgIpc) is 2.68. The summed E-state index contributed by atoms with van der Waals surface area (Å²) in [6.45, 7) is 2.01. The normalized spacial score (nSPS) is 32.9. The Kier molecular flexibility index (Phi) is 4.99. The van der Waals surface area contributed by atoms with Crippen molar-refractivity contribution in [3.8, 4) is 0 Å². The Hall–Kier alpha value is -1.76. The van der Waals surface area contributed by atoms with Gasteiger partial charge in [0.15, 0.2) is 12.3 Å². The first-order valence-corrected chi connectivity index (χ1v) is 8.18. The van der Waals surface area contributed by atoms with Gasteiger partial charge in [0.05, 0.1) is 5.80 Å². The highest BCUT2D eigenvalue weighted by Crippen LogP contribution is 2.42. The Bertz CT molecular complexity index is 814. The Labute approximate surface area is 149 Å². The lowest BCUT2D eigenvalue weighted by Gasteiger charge is -2.25. The van der Waals surface area contributed by atoms with E-state index in [1.54, 1.807) is 22.6 Å². The number of carbonyl (C=O) groups excluding carboxylic acids is 2. The fourth-order valence-electron chi connectivity index (χ4n) is 2.15. The largest absolute Gasteiger partial charge is 0.453 e. The minimum atomic E-state index is -2.70. The maximum atomic E-state index is 15.2. The van der Waals surface area contributed by atoms with Crippen LogP contribution in [0.5, 0.6) is 0 Å². The number of aromatic nitrogens is 2. The molecule has 0 unspecified atom stereocenters. The number of aromatic amines is 1. The second-order valence-corrected chi connectivity index (χ2v) is 5.66. The molecule has 0 radical (unpaired) electrons. The zero-order valence-corrected chi connectivity index (χ0v) is 14.7. The van der Waals surface area contributed by atoms with Crippen LogP contribution in [0.15, 0.2) is 21.9 Å². The van der Waals surface area contributed by atoms with Crippen molar-refractivity contribution in [1.82, 2.24) is 9.55 Å². The molecule has 0 aliphatic carbocycles. The molecule has 24 heavy (non-hydrogen) atoms. The van der Waals surface area contributed by atoms with E-state index in [1.807, 2.05) is 4.98 Å². The summed E-state index contributed by atoms with van der Waals surface area (Å²) in [5.74, 6) is -4.50. The number of hydrogen-bond acceptors (Lipinski definition) is 7. The number of rotatable bonds is 4. The van der Waals surface area contributed by atoms with E-state index < -0.39 is 47.5 Å².